The van der Waals surface area contributed by atoms with Gasteiger partial charge in [0.15, 0.2) is 0 Å². The molecule has 1 N–H and O–H groups in total. The lowest BCUT2D eigenvalue weighted by molar-refractivity contribution is 0.0678. The molecule has 0 spiro atoms. The zero-order chi connectivity index (χ0) is 14.1. The number of ether oxygens (including phenoxy) is 1. The number of likely N-dealkylation sites (tertiary alicyclic amines) is 1. The number of aromatic nitrogens is 1. The minimum absolute atomic E-state index is 0.103. The van der Waals surface area contributed by atoms with Crippen LogP contribution in [0, 0.1) is 5.92 Å². The third-order valence-electron chi connectivity index (χ3n) is 4.00. The Morgan fingerprint density at radius 2 is 2.25 bits per heavy atom. The number of aromatic amines is 1. The summed E-state index contributed by atoms with van der Waals surface area (Å²) >= 11 is 0. The summed E-state index contributed by atoms with van der Waals surface area (Å²) in [4.78, 5) is 17.7. The van der Waals surface area contributed by atoms with Gasteiger partial charge in [0.05, 0.1) is 7.11 Å². The second-order valence-corrected chi connectivity index (χ2v) is 5.63. The van der Waals surface area contributed by atoms with E-state index in [4.69, 9.17) is 4.74 Å². The van der Waals surface area contributed by atoms with Crippen LogP contribution in [0.2, 0.25) is 0 Å². The fourth-order valence-electron chi connectivity index (χ4n) is 2.90. The number of nitrogens with zero attached hydrogens (tertiary/aromatic N) is 1. The van der Waals surface area contributed by atoms with Gasteiger partial charge in [0, 0.05) is 24.0 Å². The highest BCUT2D eigenvalue weighted by Gasteiger charge is 2.23. The zero-order valence-electron chi connectivity index (χ0n) is 12.0. The molecule has 0 aliphatic carbocycles. The smallest absolute Gasteiger partial charge is 0.270 e. The first kappa shape index (κ1) is 13.0. The maximum atomic E-state index is 12.5. The fourth-order valence-corrected chi connectivity index (χ4v) is 2.90. The molecule has 0 saturated carbocycles. The zero-order valence-corrected chi connectivity index (χ0v) is 12.0. The van der Waals surface area contributed by atoms with Crippen molar-refractivity contribution in [2.45, 2.75) is 19.8 Å². The topological polar surface area (TPSA) is 45.3 Å². The van der Waals surface area contributed by atoms with Crippen LogP contribution >= 0.6 is 0 Å². The molecule has 20 heavy (non-hydrogen) atoms. The quantitative estimate of drug-likeness (QED) is 0.913. The highest BCUT2D eigenvalue weighted by Crippen LogP contribution is 2.23. The van der Waals surface area contributed by atoms with Crippen LogP contribution in [0.1, 0.15) is 30.3 Å². The SMILES string of the molecule is COc1ccc2[nH]c(C(=O)N3CCC[C@H](C)C3)cc2c1. The third kappa shape index (κ3) is 2.38. The standard InChI is InChI=1S/C16H20N2O2/c1-11-4-3-7-18(10-11)16(19)15-9-12-8-13(20-2)5-6-14(12)17-15/h5-6,8-9,11,17H,3-4,7,10H2,1-2H3/t11-/m0/s1. The van der Waals surface area contributed by atoms with Gasteiger partial charge in [0.25, 0.3) is 5.91 Å². The molecule has 0 radical (unpaired) electrons. The van der Waals surface area contributed by atoms with E-state index in [0.29, 0.717) is 11.6 Å². The Kier molecular flexibility index (Phi) is 3.38. The van der Waals surface area contributed by atoms with Crippen molar-refractivity contribution >= 4 is 16.8 Å². The Balaban J connectivity index is 1.87. The largest absolute Gasteiger partial charge is 0.497 e. The maximum Gasteiger partial charge on any atom is 0.270 e. The molecule has 1 atom stereocenters. The summed E-state index contributed by atoms with van der Waals surface area (Å²) in [7, 11) is 1.65. The fraction of sp³-hybridized carbons (Fsp3) is 0.438. The number of carbonyl (C=O) groups excluding carboxylic acids is 1. The summed E-state index contributed by atoms with van der Waals surface area (Å²) in [5, 5.41) is 1.01. The lowest BCUT2D eigenvalue weighted by Gasteiger charge is -2.30. The van der Waals surface area contributed by atoms with Crippen molar-refractivity contribution in [2.75, 3.05) is 20.2 Å². The Hall–Kier alpha value is -1.97. The molecule has 4 nitrogen and oxygen atoms in total. The Morgan fingerprint density at radius 3 is 3.00 bits per heavy atom. The molecule has 0 bridgehead atoms. The molecule has 3 rings (SSSR count). The number of carbonyl (C=O) groups is 1. The van der Waals surface area contributed by atoms with Crippen molar-refractivity contribution in [1.29, 1.82) is 0 Å². The van der Waals surface area contributed by atoms with Crippen LogP contribution in [0.5, 0.6) is 5.75 Å². The molecule has 2 aromatic rings. The number of rotatable bonds is 2. The number of amides is 1. The first-order chi connectivity index (χ1) is 9.67. The highest BCUT2D eigenvalue weighted by atomic mass is 16.5. The number of fused-ring (bicyclic) bond motifs is 1. The van der Waals surface area contributed by atoms with Gasteiger partial charge in [-0.1, -0.05) is 6.92 Å². The number of hydrogen-bond acceptors (Lipinski definition) is 2. The Morgan fingerprint density at radius 1 is 1.40 bits per heavy atom. The van der Waals surface area contributed by atoms with Gasteiger partial charge in [-0.3, -0.25) is 4.79 Å². The molecule has 1 aliphatic heterocycles. The number of hydrogen-bond donors (Lipinski definition) is 1. The molecular formula is C16H20N2O2. The Bertz CT molecular complexity index is 632. The van der Waals surface area contributed by atoms with Gasteiger partial charge in [-0.15, -0.1) is 0 Å². The summed E-state index contributed by atoms with van der Waals surface area (Å²) in [5.74, 6) is 1.51. The van der Waals surface area contributed by atoms with Gasteiger partial charge in [0.1, 0.15) is 11.4 Å². The van der Waals surface area contributed by atoms with Gasteiger partial charge >= 0.3 is 0 Å². The van der Waals surface area contributed by atoms with Crippen molar-refractivity contribution in [3.05, 3.63) is 30.0 Å². The molecule has 106 valence electrons. The molecule has 1 aliphatic rings. The van der Waals surface area contributed by atoms with E-state index in [1.54, 1.807) is 7.11 Å². The molecule has 1 aromatic carbocycles. The van der Waals surface area contributed by atoms with Crippen molar-refractivity contribution in [3.63, 3.8) is 0 Å². The second-order valence-electron chi connectivity index (χ2n) is 5.63. The average molecular weight is 272 g/mol. The van der Waals surface area contributed by atoms with Crippen molar-refractivity contribution in [3.8, 4) is 5.75 Å². The van der Waals surface area contributed by atoms with Crippen LogP contribution in [-0.2, 0) is 0 Å². The predicted octanol–water partition coefficient (Wildman–Crippen LogP) is 3.05. The molecule has 4 heteroatoms. The minimum Gasteiger partial charge on any atom is -0.497 e. The second kappa shape index (κ2) is 5.19. The lowest BCUT2D eigenvalue weighted by atomic mass is 10.00. The number of nitrogens with one attached hydrogen (secondary N) is 1. The van der Waals surface area contributed by atoms with E-state index < -0.39 is 0 Å². The molecule has 1 saturated heterocycles. The summed E-state index contributed by atoms with van der Waals surface area (Å²) < 4.78 is 5.21. The normalized spacial score (nSPS) is 19.3. The monoisotopic (exact) mass is 272 g/mol. The maximum absolute atomic E-state index is 12.5. The van der Waals surface area contributed by atoms with E-state index in [9.17, 15) is 4.79 Å². The van der Waals surface area contributed by atoms with Crippen LogP contribution in [-0.4, -0.2) is 36.0 Å². The number of piperidine rings is 1. The average Bonchev–Trinajstić information content (AvgIpc) is 2.89. The van der Waals surface area contributed by atoms with Crippen LogP contribution in [0.25, 0.3) is 10.9 Å². The molecule has 0 unspecified atom stereocenters. The Labute approximate surface area is 118 Å². The third-order valence-corrected chi connectivity index (χ3v) is 4.00. The predicted molar refractivity (Wildman–Crippen MR) is 79.2 cm³/mol. The highest BCUT2D eigenvalue weighted by molar-refractivity contribution is 5.98. The lowest BCUT2D eigenvalue weighted by Crippen LogP contribution is -2.39. The first-order valence-electron chi connectivity index (χ1n) is 7.13. The van der Waals surface area contributed by atoms with Gasteiger partial charge in [-0.05, 0) is 43.0 Å². The molecule has 1 amide bonds. The van der Waals surface area contributed by atoms with Gasteiger partial charge in [-0.2, -0.15) is 0 Å². The molecule has 1 fully saturated rings. The van der Waals surface area contributed by atoms with Gasteiger partial charge in [-0.25, -0.2) is 0 Å². The number of methoxy groups -OCH3 is 1. The summed E-state index contributed by atoms with van der Waals surface area (Å²) in [5.41, 5.74) is 1.64. The van der Waals surface area contributed by atoms with Crippen molar-refractivity contribution < 1.29 is 9.53 Å². The van der Waals surface area contributed by atoms with E-state index >= 15 is 0 Å². The van der Waals surface area contributed by atoms with Gasteiger partial charge in [0.2, 0.25) is 0 Å². The summed E-state index contributed by atoms with van der Waals surface area (Å²) in [6, 6.07) is 7.71. The summed E-state index contributed by atoms with van der Waals surface area (Å²) in [6.07, 6.45) is 2.31. The van der Waals surface area contributed by atoms with Crippen molar-refractivity contribution in [1.82, 2.24) is 9.88 Å². The molecule has 1 aromatic heterocycles. The molecule has 2 heterocycles. The van der Waals surface area contributed by atoms with Crippen LogP contribution in [0.15, 0.2) is 24.3 Å². The van der Waals surface area contributed by atoms with Crippen LogP contribution in [0.3, 0.4) is 0 Å². The van der Waals surface area contributed by atoms with E-state index in [1.165, 1.54) is 6.42 Å². The van der Waals surface area contributed by atoms with E-state index in [2.05, 4.69) is 11.9 Å². The first-order valence-corrected chi connectivity index (χ1v) is 7.13. The molecular weight excluding hydrogens is 252 g/mol. The number of H-pyrrole nitrogens is 1. The van der Waals surface area contributed by atoms with Gasteiger partial charge < -0.3 is 14.6 Å². The van der Waals surface area contributed by atoms with E-state index in [-0.39, 0.29) is 5.91 Å². The van der Waals surface area contributed by atoms with Crippen molar-refractivity contribution in [2.24, 2.45) is 5.92 Å². The van der Waals surface area contributed by atoms with Crippen LogP contribution < -0.4 is 4.74 Å². The minimum atomic E-state index is 0.103. The van der Waals surface area contributed by atoms with E-state index in [0.717, 1.165) is 36.2 Å². The van der Waals surface area contributed by atoms with E-state index in [1.807, 2.05) is 29.2 Å². The van der Waals surface area contributed by atoms with Crippen LogP contribution in [0.4, 0.5) is 0 Å². The summed E-state index contributed by atoms with van der Waals surface area (Å²) in [6.45, 7) is 3.93. The number of benzene rings is 1.